The quantitative estimate of drug-likeness (QED) is 0.674. The molecule has 0 aliphatic heterocycles. The topological polar surface area (TPSA) is 119 Å². The van der Waals surface area contributed by atoms with Crippen LogP contribution in [0.4, 0.5) is 11.4 Å². The van der Waals surface area contributed by atoms with Crippen molar-refractivity contribution in [1.82, 2.24) is 0 Å². The van der Waals surface area contributed by atoms with Gasteiger partial charge in [-0.25, -0.2) is 4.79 Å². The monoisotopic (exact) mass is 247 g/mol. The van der Waals surface area contributed by atoms with E-state index in [0.717, 1.165) is 0 Å². The molecule has 0 saturated heterocycles. The summed E-state index contributed by atoms with van der Waals surface area (Å²) in [5, 5.41) is 21.3. The van der Waals surface area contributed by atoms with Crippen LogP contribution in [0.1, 0.15) is 6.42 Å². The molecule has 2 amide bonds. The molecule has 0 bridgehead atoms. The number of nitrogens with zero attached hydrogens (tertiary/aromatic N) is 1. The molecule has 0 unspecified atom stereocenters. The summed E-state index contributed by atoms with van der Waals surface area (Å²) < 4.78 is 0. The van der Waals surface area contributed by atoms with E-state index < -0.39 is 17.8 Å². The molecule has 18 heavy (non-hydrogen) atoms. The lowest BCUT2D eigenvalue weighted by atomic mass is 10.2. The van der Waals surface area contributed by atoms with Crippen molar-refractivity contribution in [2.75, 3.05) is 10.6 Å². The van der Waals surface area contributed by atoms with Crippen molar-refractivity contribution < 1.29 is 19.5 Å². The average molecular weight is 247 g/mol. The van der Waals surface area contributed by atoms with Crippen molar-refractivity contribution in [2.24, 2.45) is 0 Å². The van der Waals surface area contributed by atoms with E-state index in [1.807, 2.05) is 0 Å². The standard InChI is InChI=1S/C11H9N3O4/c12-5-4-9(15)13-7-2-1-3-8(6-7)14-10(16)11(17)18/h1-3,6H,4H2,(H,13,15)(H,14,16)(H,17,18). The van der Waals surface area contributed by atoms with Gasteiger partial charge in [-0.15, -0.1) is 0 Å². The number of hydrogen-bond donors (Lipinski definition) is 3. The molecule has 0 saturated carbocycles. The van der Waals surface area contributed by atoms with E-state index in [1.54, 1.807) is 12.1 Å². The fraction of sp³-hybridized carbons (Fsp3) is 0.0909. The Morgan fingerprint density at radius 2 is 1.83 bits per heavy atom. The van der Waals surface area contributed by atoms with Gasteiger partial charge in [-0.2, -0.15) is 5.26 Å². The van der Waals surface area contributed by atoms with E-state index >= 15 is 0 Å². The second kappa shape index (κ2) is 6.00. The zero-order valence-electron chi connectivity index (χ0n) is 9.14. The molecule has 0 radical (unpaired) electrons. The van der Waals surface area contributed by atoms with Gasteiger partial charge in [-0.1, -0.05) is 6.07 Å². The number of hydrogen-bond acceptors (Lipinski definition) is 4. The van der Waals surface area contributed by atoms with Gasteiger partial charge < -0.3 is 15.7 Å². The highest BCUT2D eigenvalue weighted by Crippen LogP contribution is 2.15. The molecule has 7 nitrogen and oxygen atoms in total. The first-order valence-electron chi connectivity index (χ1n) is 4.84. The molecule has 0 fully saturated rings. The van der Waals surface area contributed by atoms with E-state index in [0.29, 0.717) is 5.69 Å². The second-order valence-corrected chi connectivity index (χ2v) is 3.22. The maximum Gasteiger partial charge on any atom is 0.394 e. The van der Waals surface area contributed by atoms with Gasteiger partial charge in [0.05, 0.1) is 6.07 Å². The number of nitrogens with one attached hydrogen (secondary N) is 2. The Morgan fingerprint density at radius 3 is 2.39 bits per heavy atom. The predicted octanol–water partition coefficient (Wildman–Crippen LogP) is 0.562. The first-order chi connectivity index (χ1) is 8.52. The van der Waals surface area contributed by atoms with Gasteiger partial charge in [0.25, 0.3) is 0 Å². The second-order valence-electron chi connectivity index (χ2n) is 3.22. The minimum absolute atomic E-state index is 0.233. The molecule has 1 aromatic carbocycles. The first kappa shape index (κ1) is 13.2. The van der Waals surface area contributed by atoms with Gasteiger partial charge in [0.2, 0.25) is 5.91 Å². The van der Waals surface area contributed by atoms with Gasteiger partial charge in [-0.05, 0) is 18.2 Å². The largest absolute Gasteiger partial charge is 0.474 e. The Bertz CT molecular complexity index is 533. The normalized spacial score (nSPS) is 9.06. The SMILES string of the molecule is N#CCC(=O)Nc1cccc(NC(=O)C(=O)O)c1. The third kappa shape index (κ3) is 3.94. The number of carbonyl (C=O) groups is 3. The summed E-state index contributed by atoms with van der Waals surface area (Å²) in [4.78, 5) is 32.4. The minimum Gasteiger partial charge on any atom is -0.474 e. The van der Waals surface area contributed by atoms with Crippen molar-refractivity contribution in [3.05, 3.63) is 24.3 Å². The van der Waals surface area contributed by atoms with Gasteiger partial charge in [0.1, 0.15) is 6.42 Å². The van der Waals surface area contributed by atoms with Gasteiger partial charge in [0, 0.05) is 11.4 Å². The molecule has 0 spiro atoms. The summed E-state index contributed by atoms with van der Waals surface area (Å²) in [5.74, 6) is -3.26. The molecule has 92 valence electrons. The summed E-state index contributed by atoms with van der Waals surface area (Å²) in [5.41, 5.74) is 0.593. The lowest BCUT2D eigenvalue weighted by Gasteiger charge is -2.06. The summed E-state index contributed by atoms with van der Waals surface area (Å²) in [7, 11) is 0. The highest BCUT2D eigenvalue weighted by Gasteiger charge is 2.11. The summed E-state index contributed by atoms with van der Waals surface area (Å²) in [6.07, 6.45) is -0.286. The number of anilines is 2. The Labute approximate surface area is 102 Å². The molecule has 0 atom stereocenters. The first-order valence-corrected chi connectivity index (χ1v) is 4.84. The highest BCUT2D eigenvalue weighted by molar-refractivity contribution is 6.36. The molecule has 3 N–H and O–H groups in total. The van der Waals surface area contributed by atoms with Gasteiger partial charge in [0.15, 0.2) is 0 Å². The Morgan fingerprint density at radius 1 is 1.22 bits per heavy atom. The van der Waals surface area contributed by atoms with Crippen molar-refractivity contribution in [2.45, 2.75) is 6.42 Å². The molecule has 1 rings (SSSR count). The number of carboxylic acids is 1. The number of nitriles is 1. The predicted molar refractivity (Wildman–Crippen MR) is 61.6 cm³/mol. The molecular formula is C11H9N3O4. The van der Waals surface area contributed by atoms with E-state index in [1.165, 1.54) is 18.2 Å². The Kier molecular flexibility index (Phi) is 4.40. The fourth-order valence-electron chi connectivity index (χ4n) is 1.14. The van der Waals surface area contributed by atoms with Crippen LogP contribution in [0.3, 0.4) is 0 Å². The minimum atomic E-state index is -1.60. The number of carboxylic acid groups (broad SMARTS) is 1. The van der Waals surface area contributed by atoms with Crippen LogP contribution in [0.25, 0.3) is 0 Å². The number of carbonyl (C=O) groups excluding carboxylic acids is 2. The maximum atomic E-state index is 11.1. The lowest BCUT2D eigenvalue weighted by molar-refractivity contribution is -0.147. The van der Waals surface area contributed by atoms with E-state index in [2.05, 4.69) is 10.6 Å². The molecule has 0 aliphatic rings. The highest BCUT2D eigenvalue weighted by atomic mass is 16.4. The van der Waals surface area contributed by atoms with Crippen LogP contribution in [0.2, 0.25) is 0 Å². The number of benzene rings is 1. The van der Waals surface area contributed by atoms with Gasteiger partial charge in [-0.3, -0.25) is 9.59 Å². The molecule has 0 heterocycles. The van der Waals surface area contributed by atoms with Crippen molar-refractivity contribution in [1.29, 1.82) is 5.26 Å². The van der Waals surface area contributed by atoms with Gasteiger partial charge >= 0.3 is 11.9 Å². The van der Waals surface area contributed by atoms with Crippen molar-refractivity contribution in [3.63, 3.8) is 0 Å². The zero-order chi connectivity index (χ0) is 13.5. The van der Waals surface area contributed by atoms with Crippen LogP contribution in [0.5, 0.6) is 0 Å². The summed E-state index contributed by atoms with van der Waals surface area (Å²) >= 11 is 0. The fourth-order valence-corrected chi connectivity index (χ4v) is 1.14. The molecule has 0 aromatic heterocycles. The molecular weight excluding hydrogens is 238 g/mol. The van der Waals surface area contributed by atoms with Crippen LogP contribution in [-0.4, -0.2) is 22.9 Å². The third-order valence-electron chi connectivity index (χ3n) is 1.84. The van der Waals surface area contributed by atoms with Crippen LogP contribution < -0.4 is 10.6 Å². The number of aliphatic carboxylic acids is 1. The van der Waals surface area contributed by atoms with E-state index in [9.17, 15) is 14.4 Å². The smallest absolute Gasteiger partial charge is 0.394 e. The van der Waals surface area contributed by atoms with Crippen molar-refractivity contribution in [3.8, 4) is 6.07 Å². The summed E-state index contributed by atoms with van der Waals surface area (Å²) in [6.45, 7) is 0. The third-order valence-corrected chi connectivity index (χ3v) is 1.84. The zero-order valence-corrected chi connectivity index (χ0v) is 9.14. The van der Waals surface area contributed by atoms with Crippen LogP contribution in [0, 0.1) is 11.3 Å². The van der Waals surface area contributed by atoms with Crippen LogP contribution >= 0.6 is 0 Å². The molecule has 0 aliphatic carbocycles. The van der Waals surface area contributed by atoms with Crippen LogP contribution in [-0.2, 0) is 14.4 Å². The maximum absolute atomic E-state index is 11.1. The number of rotatable bonds is 3. The molecule has 1 aromatic rings. The lowest BCUT2D eigenvalue weighted by Crippen LogP contribution is -2.21. The van der Waals surface area contributed by atoms with E-state index in [4.69, 9.17) is 10.4 Å². The Balaban J connectivity index is 2.74. The number of amides is 2. The Hall–Kier alpha value is -2.88. The average Bonchev–Trinajstić information content (AvgIpc) is 2.29. The van der Waals surface area contributed by atoms with E-state index in [-0.39, 0.29) is 12.1 Å². The van der Waals surface area contributed by atoms with Crippen LogP contribution in [0.15, 0.2) is 24.3 Å². The molecule has 7 heteroatoms. The summed E-state index contributed by atoms with van der Waals surface area (Å²) in [6, 6.07) is 7.62. The van der Waals surface area contributed by atoms with Crippen molar-refractivity contribution >= 4 is 29.2 Å².